The maximum Gasteiger partial charge on any atom is 0.226 e. The maximum atomic E-state index is 12.1. The first kappa shape index (κ1) is 21.9. The molecule has 4 heterocycles. The molecule has 8 nitrogen and oxygen atoms in total. The SMILES string of the molecule is CC(C)C(=O)Nc1cncc(C2=CCC3NN=C(c4nc5c(-c6ccccc6)cncc5[nH]4)C3=C2)c1. The van der Waals surface area contributed by atoms with Crippen LogP contribution in [0.15, 0.2) is 84.0 Å². The van der Waals surface area contributed by atoms with Gasteiger partial charge < -0.3 is 15.7 Å². The topological polar surface area (TPSA) is 108 Å². The van der Waals surface area contributed by atoms with Crippen molar-refractivity contribution in [2.45, 2.75) is 26.3 Å². The fourth-order valence-electron chi connectivity index (χ4n) is 4.48. The molecule has 1 aromatic carbocycles. The zero-order chi connectivity index (χ0) is 24.6. The number of benzene rings is 1. The van der Waals surface area contributed by atoms with Crippen molar-refractivity contribution in [2.75, 3.05) is 5.32 Å². The number of pyridine rings is 2. The quantitative estimate of drug-likeness (QED) is 0.388. The van der Waals surface area contributed by atoms with E-state index in [-0.39, 0.29) is 17.9 Å². The van der Waals surface area contributed by atoms with Gasteiger partial charge in [-0.15, -0.1) is 0 Å². The summed E-state index contributed by atoms with van der Waals surface area (Å²) in [6.07, 6.45) is 12.2. The number of nitrogens with one attached hydrogen (secondary N) is 3. The summed E-state index contributed by atoms with van der Waals surface area (Å²) in [4.78, 5) is 29.2. The molecular weight excluding hydrogens is 450 g/mol. The Bertz CT molecular complexity index is 1560. The number of carbonyl (C=O) groups excluding carboxylic acids is 1. The summed E-state index contributed by atoms with van der Waals surface area (Å²) in [5, 5.41) is 7.56. The molecule has 0 saturated heterocycles. The fourth-order valence-corrected chi connectivity index (χ4v) is 4.48. The Balaban J connectivity index is 1.33. The second-order valence-electron chi connectivity index (χ2n) is 9.28. The van der Waals surface area contributed by atoms with E-state index in [0.717, 1.165) is 51.0 Å². The van der Waals surface area contributed by atoms with Crippen LogP contribution in [0.25, 0.3) is 27.7 Å². The zero-order valence-corrected chi connectivity index (χ0v) is 20.0. The highest BCUT2D eigenvalue weighted by Gasteiger charge is 2.30. The standard InChI is InChI=1S/C28H25N7O/c1-16(2)28(36)31-20-10-19(12-29-13-20)18-8-9-23-21(11-18)26(35-34-23)27-32-24-15-30-14-22(25(24)33-27)17-6-4-3-5-7-17/h3-8,10-16,23,34H,9H2,1-2H3,(H,31,36)(H,32,33). The molecule has 8 heteroatoms. The Morgan fingerprint density at radius 1 is 1.06 bits per heavy atom. The van der Waals surface area contributed by atoms with Crippen LogP contribution in [0.5, 0.6) is 0 Å². The van der Waals surface area contributed by atoms with Crippen molar-refractivity contribution in [1.82, 2.24) is 25.4 Å². The number of anilines is 1. The molecule has 1 atom stereocenters. The second-order valence-corrected chi connectivity index (χ2v) is 9.28. The molecule has 178 valence electrons. The van der Waals surface area contributed by atoms with Gasteiger partial charge in [0.05, 0.1) is 35.2 Å². The van der Waals surface area contributed by atoms with E-state index in [1.807, 2.05) is 50.5 Å². The Kier molecular flexibility index (Phi) is 5.41. The number of aromatic nitrogens is 4. The molecule has 6 rings (SSSR count). The van der Waals surface area contributed by atoms with E-state index in [2.05, 4.69) is 55.1 Å². The van der Waals surface area contributed by atoms with Gasteiger partial charge >= 0.3 is 0 Å². The highest BCUT2D eigenvalue weighted by Crippen LogP contribution is 2.32. The Labute approximate surface area is 208 Å². The molecule has 1 aliphatic carbocycles. The Morgan fingerprint density at radius 2 is 1.89 bits per heavy atom. The first-order valence-electron chi connectivity index (χ1n) is 12.0. The maximum absolute atomic E-state index is 12.1. The molecule has 0 radical (unpaired) electrons. The van der Waals surface area contributed by atoms with Crippen molar-refractivity contribution < 1.29 is 4.79 Å². The van der Waals surface area contributed by atoms with Crippen LogP contribution < -0.4 is 10.7 Å². The summed E-state index contributed by atoms with van der Waals surface area (Å²) in [7, 11) is 0. The lowest BCUT2D eigenvalue weighted by Gasteiger charge is -2.18. The summed E-state index contributed by atoms with van der Waals surface area (Å²) in [5.41, 5.74) is 11.5. The third-order valence-electron chi connectivity index (χ3n) is 6.43. The van der Waals surface area contributed by atoms with Gasteiger partial charge in [0.15, 0.2) is 5.82 Å². The van der Waals surface area contributed by atoms with E-state index in [4.69, 9.17) is 4.98 Å². The number of rotatable bonds is 5. The summed E-state index contributed by atoms with van der Waals surface area (Å²) in [5.74, 6) is 0.567. The highest BCUT2D eigenvalue weighted by molar-refractivity contribution is 6.15. The van der Waals surface area contributed by atoms with Gasteiger partial charge in [-0.1, -0.05) is 50.3 Å². The van der Waals surface area contributed by atoms with Crippen molar-refractivity contribution in [3.8, 4) is 11.1 Å². The lowest BCUT2D eigenvalue weighted by Crippen LogP contribution is -2.23. The first-order chi connectivity index (χ1) is 17.6. The molecule has 2 aliphatic rings. The van der Waals surface area contributed by atoms with Crippen LogP contribution in [0.2, 0.25) is 0 Å². The predicted octanol–water partition coefficient (Wildman–Crippen LogP) is 4.70. The van der Waals surface area contributed by atoms with Gasteiger partial charge in [-0.2, -0.15) is 5.10 Å². The minimum absolute atomic E-state index is 0.0337. The molecule has 36 heavy (non-hydrogen) atoms. The predicted molar refractivity (Wildman–Crippen MR) is 141 cm³/mol. The lowest BCUT2D eigenvalue weighted by molar-refractivity contribution is -0.118. The number of hydrazone groups is 1. The smallest absolute Gasteiger partial charge is 0.226 e. The Morgan fingerprint density at radius 3 is 2.72 bits per heavy atom. The van der Waals surface area contributed by atoms with Crippen LogP contribution in [0, 0.1) is 5.92 Å². The number of aromatic amines is 1. The van der Waals surface area contributed by atoms with Crippen LogP contribution in [0.4, 0.5) is 5.69 Å². The minimum atomic E-state index is -0.102. The molecule has 3 aromatic heterocycles. The molecule has 0 bridgehead atoms. The van der Waals surface area contributed by atoms with E-state index in [1.165, 1.54) is 0 Å². The van der Waals surface area contributed by atoms with E-state index in [0.29, 0.717) is 11.5 Å². The number of hydrogen-bond donors (Lipinski definition) is 3. The normalized spacial score (nSPS) is 16.8. The van der Waals surface area contributed by atoms with Gasteiger partial charge in [-0.25, -0.2) is 4.98 Å². The molecule has 1 aliphatic heterocycles. The van der Waals surface area contributed by atoms with Crippen LogP contribution >= 0.6 is 0 Å². The van der Waals surface area contributed by atoms with Crippen molar-refractivity contribution in [3.05, 3.63) is 90.3 Å². The molecule has 0 spiro atoms. The lowest BCUT2D eigenvalue weighted by atomic mass is 9.90. The number of fused-ring (bicyclic) bond motifs is 2. The average molecular weight is 476 g/mol. The fraction of sp³-hybridized carbons (Fsp3) is 0.179. The second kappa shape index (κ2) is 8.88. The van der Waals surface area contributed by atoms with E-state index in [1.54, 1.807) is 12.4 Å². The third kappa shape index (κ3) is 3.96. The zero-order valence-electron chi connectivity index (χ0n) is 20.0. The number of H-pyrrole nitrogens is 1. The Hall–Kier alpha value is -4.59. The molecule has 1 unspecified atom stereocenters. The van der Waals surface area contributed by atoms with Crippen molar-refractivity contribution in [3.63, 3.8) is 0 Å². The summed E-state index contributed by atoms with van der Waals surface area (Å²) in [6, 6.07) is 12.2. The van der Waals surface area contributed by atoms with E-state index < -0.39 is 0 Å². The van der Waals surface area contributed by atoms with Crippen molar-refractivity contribution >= 4 is 33.9 Å². The van der Waals surface area contributed by atoms with Crippen LogP contribution in [-0.2, 0) is 4.79 Å². The molecule has 4 aromatic rings. The van der Waals surface area contributed by atoms with Gasteiger partial charge in [0.1, 0.15) is 5.71 Å². The number of amides is 1. The number of allylic oxidation sites excluding steroid dienone is 2. The van der Waals surface area contributed by atoms with Gasteiger partial charge in [0.25, 0.3) is 0 Å². The molecule has 3 N–H and O–H groups in total. The van der Waals surface area contributed by atoms with E-state index in [9.17, 15) is 4.79 Å². The minimum Gasteiger partial charge on any atom is -0.335 e. The average Bonchev–Trinajstić information content (AvgIpc) is 3.53. The molecule has 1 amide bonds. The third-order valence-corrected chi connectivity index (χ3v) is 6.43. The van der Waals surface area contributed by atoms with Crippen molar-refractivity contribution in [1.29, 1.82) is 0 Å². The van der Waals surface area contributed by atoms with Gasteiger partial charge in [0, 0.05) is 35.0 Å². The summed E-state index contributed by atoms with van der Waals surface area (Å²) >= 11 is 0. The largest absolute Gasteiger partial charge is 0.335 e. The number of nitrogens with zero attached hydrogens (tertiary/aromatic N) is 4. The van der Waals surface area contributed by atoms with Crippen LogP contribution in [0.1, 0.15) is 31.7 Å². The number of hydrogen-bond acceptors (Lipinski definition) is 6. The summed E-state index contributed by atoms with van der Waals surface area (Å²) < 4.78 is 0. The van der Waals surface area contributed by atoms with Gasteiger partial charge in [-0.3, -0.25) is 14.8 Å². The first-order valence-corrected chi connectivity index (χ1v) is 12.0. The van der Waals surface area contributed by atoms with Crippen molar-refractivity contribution in [2.24, 2.45) is 11.0 Å². The molecular formula is C28H25N7O. The number of carbonyl (C=O) groups is 1. The molecule has 0 saturated carbocycles. The molecule has 0 fully saturated rings. The van der Waals surface area contributed by atoms with Gasteiger partial charge in [-0.05, 0) is 29.7 Å². The number of imidazole rings is 1. The van der Waals surface area contributed by atoms with Gasteiger partial charge in [0.2, 0.25) is 5.91 Å². The highest BCUT2D eigenvalue weighted by atomic mass is 16.1. The summed E-state index contributed by atoms with van der Waals surface area (Å²) in [6.45, 7) is 3.73. The van der Waals surface area contributed by atoms with E-state index >= 15 is 0 Å². The monoisotopic (exact) mass is 475 g/mol. The van der Waals surface area contributed by atoms with Crippen LogP contribution in [-0.4, -0.2) is 37.6 Å². The van der Waals surface area contributed by atoms with Crippen LogP contribution in [0.3, 0.4) is 0 Å².